The van der Waals surface area contributed by atoms with Crippen molar-refractivity contribution in [1.29, 1.82) is 0 Å². The summed E-state index contributed by atoms with van der Waals surface area (Å²) in [5.41, 5.74) is -0.890. The fourth-order valence-electron chi connectivity index (χ4n) is 5.00. The summed E-state index contributed by atoms with van der Waals surface area (Å²) in [6.07, 6.45) is -1.42. The molecule has 1 fully saturated rings. The molecule has 0 spiro atoms. The number of hydrogen-bond donors (Lipinski definition) is 5. The van der Waals surface area contributed by atoms with Gasteiger partial charge >= 0.3 is 24.1 Å². The first-order chi connectivity index (χ1) is 19.6. The summed E-state index contributed by atoms with van der Waals surface area (Å²) < 4.78 is 41.9. The van der Waals surface area contributed by atoms with E-state index in [1.54, 1.807) is 29.4 Å². The molecule has 1 saturated heterocycles. The number of rotatable bonds is 8. The smallest absolute Gasteiger partial charge is 0.410 e. The summed E-state index contributed by atoms with van der Waals surface area (Å²) in [4.78, 5) is 49.3. The average Bonchev–Trinajstić information content (AvgIpc) is 3.54. The fourth-order valence-corrected chi connectivity index (χ4v) is 5.00. The standard InChI is InChI=1S/C20H24F3N5O.C6H8O7/c1-3-13-9-17(20(21,22)23)28-18(25-13)10-15(26-28)16-5-4-8-27(16)19(29)14-6-7-24-11-12(14)2;7-3(8)1-6(13,5(11)12)2-4(9)10/h6-7,10-11,13,16-17,25H,3-5,8-9H2,1-2H3;13H,1-2H2,(H,7,8)(H,9,10)(H,11,12)/t13-,16?,17-;/m1./s1. The van der Waals surface area contributed by atoms with E-state index in [0.29, 0.717) is 36.5 Å². The lowest BCUT2D eigenvalue weighted by Gasteiger charge is -2.32. The molecular formula is C26H32F3N5O8. The lowest BCUT2D eigenvalue weighted by molar-refractivity contribution is -0.173. The number of fused-ring (bicyclic) bond motifs is 1. The predicted octanol–water partition coefficient (Wildman–Crippen LogP) is 3.01. The first-order valence-corrected chi connectivity index (χ1v) is 13.1. The SMILES string of the molecule is CC[C@@H]1C[C@H](C(F)(F)F)n2nc(C3CCCN3C(=O)c3ccncc3C)cc2N1.O=C(O)CC(O)(CC(=O)O)C(=O)O. The number of anilines is 1. The van der Waals surface area contributed by atoms with E-state index < -0.39 is 48.6 Å². The van der Waals surface area contributed by atoms with Crippen molar-refractivity contribution in [3.8, 4) is 0 Å². The predicted molar refractivity (Wildman–Crippen MR) is 139 cm³/mol. The molecule has 1 amide bonds. The Bertz CT molecular complexity index is 1320. The van der Waals surface area contributed by atoms with E-state index in [-0.39, 0.29) is 24.4 Å². The molecule has 0 saturated carbocycles. The van der Waals surface area contributed by atoms with Crippen molar-refractivity contribution in [2.24, 2.45) is 0 Å². The van der Waals surface area contributed by atoms with E-state index in [9.17, 15) is 32.3 Å². The molecule has 0 bridgehead atoms. The van der Waals surface area contributed by atoms with Gasteiger partial charge in [-0.3, -0.25) is 19.4 Å². The maximum atomic E-state index is 13.6. The summed E-state index contributed by atoms with van der Waals surface area (Å²) in [5, 5.41) is 41.3. The number of carboxylic acids is 3. The minimum absolute atomic E-state index is 0.0440. The van der Waals surface area contributed by atoms with Crippen molar-refractivity contribution in [1.82, 2.24) is 19.7 Å². The highest BCUT2D eigenvalue weighted by Crippen LogP contribution is 2.42. The zero-order chi connectivity index (χ0) is 31.4. The van der Waals surface area contributed by atoms with Gasteiger partial charge in [0.05, 0.1) is 24.6 Å². The van der Waals surface area contributed by atoms with Crippen molar-refractivity contribution in [2.75, 3.05) is 11.9 Å². The molecule has 4 rings (SSSR count). The van der Waals surface area contributed by atoms with Crippen LogP contribution in [0.25, 0.3) is 0 Å². The Morgan fingerprint density at radius 1 is 1.12 bits per heavy atom. The molecule has 4 heterocycles. The van der Waals surface area contributed by atoms with E-state index in [4.69, 9.17) is 20.4 Å². The molecule has 0 radical (unpaired) electrons. The average molecular weight is 600 g/mol. The largest absolute Gasteiger partial charge is 0.481 e. The Morgan fingerprint density at radius 3 is 2.29 bits per heavy atom. The van der Waals surface area contributed by atoms with Gasteiger partial charge in [-0.05, 0) is 44.2 Å². The molecule has 3 atom stereocenters. The van der Waals surface area contributed by atoms with Gasteiger partial charge in [-0.2, -0.15) is 18.3 Å². The number of nitrogens with one attached hydrogen (secondary N) is 1. The second-order valence-corrected chi connectivity index (χ2v) is 10.3. The van der Waals surface area contributed by atoms with Crippen LogP contribution in [0.5, 0.6) is 0 Å². The molecule has 0 aliphatic carbocycles. The second-order valence-electron chi connectivity index (χ2n) is 10.3. The van der Waals surface area contributed by atoms with Crippen molar-refractivity contribution < 1.29 is 52.8 Å². The summed E-state index contributed by atoms with van der Waals surface area (Å²) in [6, 6.07) is 1.13. The lowest BCUT2D eigenvalue weighted by atomic mass is 9.96. The quantitative estimate of drug-likeness (QED) is 0.299. The van der Waals surface area contributed by atoms with Crippen LogP contribution in [0.4, 0.5) is 19.0 Å². The second kappa shape index (κ2) is 12.8. The van der Waals surface area contributed by atoms with Crippen LogP contribution in [-0.4, -0.2) is 88.3 Å². The summed E-state index contributed by atoms with van der Waals surface area (Å²) >= 11 is 0. The van der Waals surface area contributed by atoms with Gasteiger partial charge in [-0.15, -0.1) is 0 Å². The van der Waals surface area contributed by atoms with Crippen molar-refractivity contribution >= 4 is 29.6 Å². The number of hydrogen-bond acceptors (Lipinski definition) is 8. The normalized spacial score (nSPS) is 20.1. The van der Waals surface area contributed by atoms with Crippen LogP contribution >= 0.6 is 0 Å². The first-order valence-electron chi connectivity index (χ1n) is 13.1. The van der Waals surface area contributed by atoms with E-state index in [0.717, 1.165) is 16.7 Å². The van der Waals surface area contributed by atoms with Gasteiger partial charge in [-0.25, -0.2) is 9.48 Å². The Balaban J connectivity index is 0.000000316. The molecular weight excluding hydrogens is 567 g/mol. The molecule has 230 valence electrons. The minimum Gasteiger partial charge on any atom is -0.481 e. The van der Waals surface area contributed by atoms with Gasteiger partial charge in [0.15, 0.2) is 11.6 Å². The van der Waals surface area contributed by atoms with Crippen molar-refractivity contribution in [2.45, 2.75) is 82.3 Å². The summed E-state index contributed by atoms with van der Waals surface area (Å²) in [6.45, 7) is 4.25. The Labute approximate surface area is 238 Å². The number of aliphatic carboxylic acids is 3. The highest BCUT2D eigenvalue weighted by Gasteiger charge is 2.47. The number of carbonyl (C=O) groups is 4. The van der Waals surface area contributed by atoms with Gasteiger partial charge in [0.1, 0.15) is 5.82 Å². The number of aliphatic hydroxyl groups is 1. The fraction of sp³-hybridized carbons (Fsp3) is 0.538. The van der Waals surface area contributed by atoms with Gasteiger partial charge in [-0.1, -0.05) is 6.92 Å². The van der Waals surface area contributed by atoms with Crippen LogP contribution in [-0.2, 0) is 14.4 Å². The van der Waals surface area contributed by atoms with E-state index in [1.165, 1.54) is 0 Å². The van der Waals surface area contributed by atoms with Crippen LogP contribution in [0.2, 0.25) is 0 Å². The van der Waals surface area contributed by atoms with Gasteiger partial charge in [0.25, 0.3) is 5.91 Å². The van der Waals surface area contributed by atoms with Crippen LogP contribution in [0.3, 0.4) is 0 Å². The topological polar surface area (TPSA) is 195 Å². The zero-order valence-corrected chi connectivity index (χ0v) is 22.8. The number of amides is 1. The number of pyridine rings is 1. The minimum atomic E-state index is -4.37. The Hall–Kier alpha value is -4.21. The zero-order valence-electron chi connectivity index (χ0n) is 22.8. The lowest BCUT2D eigenvalue weighted by Crippen LogP contribution is -2.42. The van der Waals surface area contributed by atoms with E-state index in [2.05, 4.69) is 15.4 Å². The summed E-state index contributed by atoms with van der Waals surface area (Å²) in [5.74, 6) is -4.78. The number of aryl methyl sites for hydroxylation is 1. The molecule has 2 aromatic rings. The van der Waals surface area contributed by atoms with Gasteiger partial charge < -0.3 is 30.6 Å². The molecule has 42 heavy (non-hydrogen) atoms. The molecule has 2 aliphatic rings. The third-order valence-corrected chi connectivity index (χ3v) is 7.17. The third kappa shape index (κ3) is 7.35. The summed E-state index contributed by atoms with van der Waals surface area (Å²) in [7, 11) is 0. The monoisotopic (exact) mass is 599 g/mol. The number of aromatic nitrogens is 3. The van der Waals surface area contributed by atoms with Crippen LogP contribution in [0.15, 0.2) is 24.5 Å². The first kappa shape index (κ1) is 32.3. The van der Waals surface area contributed by atoms with Crippen molar-refractivity contribution in [3.05, 3.63) is 41.3 Å². The number of carboxylic acid groups (broad SMARTS) is 3. The van der Waals surface area contributed by atoms with Crippen LogP contribution < -0.4 is 5.32 Å². The van der Waals surface area contributed by atoms with Crippen LogP contribution in [0, 0.1) is 6.92 Å². The highest BCUT2D eigenvalue weighted by molar-refractivity contribution is 5.96. The van der Waals surface area contributed by atoms with Crippen molar-refractivity contribution in [3.63, 3.8) is 0 Å². The Kier molecular flexibility index (Phi) is 9.81. The van der Waals surface area contributed by atoms with Crippen LogP contribution in [0.1, 0.15) is 79.1 Å². The Morgan fingerprint density at radius 2 is 1.76 bits per heavy atom. The number of carbonyl (C=O) groups excluding carboxylic acids is 1. The molecule has 2 aromatic heterocycles. The third-order valence-electron chi connectivity index (χ3n) is 7.17. The molecule has 5 N–H and O–H groups in total. The molecule has 13 nitrogen and oxygen atoms in total. The molecule has 1 unspecified atom stereocenters. The number of alkyl halides is 3. The number of likely N-dealkylation sites (tertiary alicyclic amines) is 1. The molecule has 2 aliphatic heterocycles. The number of halogens is 3. The van der Waals surface area contributed by atoms with Gasteiger partial charge in [0, 0.05) is 36.6 Å². The maximum absolute atomic E-state index is 13.6. The van der Waals surface area contributed by atoms with E-state index in [1.807, 2.05) is 13.8 Å². The van der Waals surface area contributed by atoms with Gasteiger partial charge in [0.2, 0.25) is 0 Å². The highest BCUT2D eigenvalue weighted by atomic mass is 19.4. The maximum Gasteiger partial charge on any atom is 0.410 e. The molecule has 0 aromatic carbocycles. The number of nitrogens with zero attached hydrogens (tertiary/aromatic N) is 4. The molecule has 16 heteroatoms. The van der Waals surface area contributed by atoms with E-state index >= 15 is 0 Å².